The zero-order valence-corrected chi connectivity index (χ0v) is 12.9. The summed E-state index contributed by atoms with van der Waals surface area (Å²) >= 11 is 6.08. The van der Waals surface area contributed by atoms with E-state index in [0.717, 1.165) is 13.1 Å². The second kappa shape index (κ2) is 6.67. The third-order valence-corrected chi connectivity index (χ3v) is 3.38. The van der Waals surface area contributed by atoms with Gasteiger partial charge in [0.2, 0.25) is 11.9 Å². The molecule has 0 amide bonds. The van der Waals surface area contributed by atoms with Crippen LogP contribution >= 0.6 is 11.6 Å². The van der Waals surface area contributed by atoms with Gasteiger partial charge >= 0.3 is 0 Å². The number of nitrogens with zero attached hydrogens (tertiary/aromatic N) is 4. The second-order valence-corrected chi connectivity index (χ2v) is 4.74. The smallest absolute Gasteiger partial charge is 0.230 e. The second-order valence-electron chi connectivity index (χ2n) is 4.33. The lowest BCUT2D eigenvalue weighted by Crippen LogP contribution is -2.25. The number of rotatable bonds is 5. The summed E-state index contributed by atoms with van der Waals surface area (Å²) in [6.07, 6.45) is 0. The summed E-state index contributed by atoms with van der Waals surface area (Å²) in [4.78, 5) is 15.1. The standard InChI is InChI=1S/C14H17ClFN5/c1-4-21(5-2)14-19-12(18-13(17-3)20-14)10-7-6-9(16)8-11(10)15/h6-8H,4-5H2,1-3H3,(H,17,18,19,20). The maximum atomic E-state index is 13.2. The Morgan fingerprint density at radius 3 is 2.48 bits per heavy atom. The summed E-state index contributed by atoms with van der Waals surface area (Å²) in [7, 11) is 1.73. The maximum absolute atomic E-state index is 13.2. The third kappa shape index (κ3) is 3.39. The molecule has 2 rings (SSSR count). The van der Waals surface area contributed by atoms with Crippen molar-refractivity contribution in [3.8, 4) is 11.4 Å². The van der Waals surface area contributed by atoms with Crippen LogP contribution in [-0.2, 0) is 0 Å². The molecule has 7 heteroatoms. The van der Waals surface area contributed by atoms with Crippen molar-refractivity contribution in [3.05, 3.63) is 29.0 Å². The van der Waals surface area contributed by atoms with E-state index in [1.807, 2.05) is 18.7 Å². The quantitative estimate of drug-likeness (QED) is 0.919. The lowest BCUT2D eigenvalue weighted by atomic mass is 10.2. The molecule has 1 aromatic heterocycles. The number of halogens is 2. The van der Waals surface area contributed by atoms with Crippen LogP contribution in [0.3, 0.4) is 0 Å². The molecule has 0 spiro atoms. The van der Waals surface area contributed by atoms with Crippen LogP contribution < -0.4 is 10.2 Å². The van der Waals surface area contributed by atoms with Gasteiger partial charge in [0, 0.05) is 25.7 Å². The van der Waals surface area contributed by atoms with Crippen LogP contribution in [0.2, 0.25) is 5.02 Å². The summed E-state index contributed by atoms with van der Waals surface area (Å²) in [6.45, 7) is 5.61. The first-order valence-corrected chi connectivity index (χ1v) is 7.11. The average Bonchev–Trinajstić information content (AvgIpc) is 2.48. The van der Waals surface area contributed by atoms with Crippen molar-refractivity contribution in [1.29, 1.82) is 0 Å². The van der Waals surface area contributed by atoms with Crippen molar-refractivity contribution in [2.24, 2.45) is 0 Å². The van der Waals surface area contributed by atoms with Crippen LogP contribution in [0.4, 0.5) is 16.3 Å². The van der Waals surface area contributed by atoms with Gasteiger partial charge in [0.25, 0.3) is 0 Å². The first-order chi connectivity index (χ1) is 10.1. The summed E-state index contributed by atoms with van der Waals surface area (Å²) in [6, 6.07) is 4.15. The number of hydrogen-bond donors (Lipinski definition) is 1. The van der Waals surface area contributed by atoms with Gasteiger partial charge in [-0.1, -0.05) is 11.6 Å². The highest BCUT2D eigenvalue weighted by Crippen LogP contribution is 2.27. The van der Waals surface area contributed by atoms with E-state index >= 15 is 0 Å². The molecule has 0 saturated heterocycles. The number of anilines is 2. The Kier molecular flexibility index (Phi) is 4.90. The minimum Gasteiger partial charge on any atom is -0.357 e. The Bertz CT molecular complexity index is 631. The fourth-order valence-corrected chi connectivity index (χ4v) is 2.17. The molecule has 0 aliphatic heterocycles. The number of benzene rings is 1. The van der Waals surface area contributed by atoms with Gasteiger partial charge in [-0.2, -0.15) is 15.0 Å². The topological polar surface area (TPSA) is 53.9 Å². The van der Waals surface area contributed by atoms with E-state index < -0.39 is 5.82 Å². The van der Waals surface area contributed by atoms with Crippen LogP contribution in [0, 0.1) is 5.82 Å². The zero-order valence-electron chi connectivity index (χ0n) is 12.2. The van der Waals surface area contributed by atoms with Crippen LogP contribution in [0.1, 0.15) is 13.8 Å². The van der Waals surface area contributed by atoms with Crippen LogP contribution in [0.25, 0.3) is 11.4 Å². The summed E-state index contributed by atoms with van der Waals surface area (Å²) in [5, 5.41) is 3.18. The number of hydrogen-bond acceptors (Lipinski definition) is 5. The van der Waals surface area contributed by atoms with Gasteiger partial charge in [0.05, 0.1) is 5.02 Å². The highest BCUT2D eigenvalue weighted by Gasteiger charge is 2.14. The molecule has 0 aliphatic carbocycles. The van der Waals surface area contributed by atoms with Gasteiger partial charge in [0.15, 0.2) is 5.82 Å². The summed E-state index contributed by atoms with van der Waals surface area (Å²) in [5.74, 6) is 1.04. The van der Waals surface area contributed by atoms with E-state index in [2.05, 4.69) is 20.3 Å². The molecule has 0 aliphatic rings. The predicted molar refractivity (Wildman–Crippen MR) is 83.3 cm³/mol. The van der Waals surface area contributed by atoms with Crippen molar-refractivity contribution >= 4 is 23.5 Å². The monoisotopic (exact) mass is 309 g/mol. The van der Waals surface area contributed by atoms with Crippen LogP contribution in [0.5, 0.6) is 0 Å². The molecule has 1 aromatic carbocycles. The van der Waals surface area contributed by atoms with Gasteiger partial charge in [0.1, 0.15) is 5.82 Å². The molecule has 0 saturated carbocycles. The Balaban J connectivity index is 2.55. The largest absolute Gasteiger partial charge is 0.357 e. The molecule has 5 nitrogen and oxygen atoms in total. The Hall–Kier alpha value is -1.95. The molecule has 112 valence electrons. The fraction of sp³-hybridized carbons (Fsp3) is 0.357. The number of nitrogens with one attached hydrogen (secondary N) is 1. The Labute approximate surface area is 128 Å². The zero-order chi connectivity index (χ0) is 15.4. The van der Waals surface area contributed by atoms with Gasteiger partial charge in [-0.25, -0.2) is 4.39 Å². The summed E-state index contributed by atoms with van der Waals surface area (Å²) in [5.41, 5.74) is 0.574. The van der Waals surface area contributed by atoms with E-state index in [1.165, 1.54) is 12.1 Å². The van der Waals surface area contributed by atoms with E-state index in [0.29, 0.717) is 23.3 Å². The fourth-order valence-electron chi connectivity index (χ4n) is 1.92. The lowest BCUT2D eigenvalue weighted by Gasteiger charge is -2.19. The molecule has 0 radical (unpaired) electrons. The van der Waals surface area contributed by atoms with E-state index in [1.54, 1.807) is 13.1 Å². The maximum Gasteiger partial charge on any atom is 0.230 e. The van der Waals surface area contributed by atoms with Crippen molar-refractivity contribution in [2.75, 3.05) is 30.4 Å². The minimum atomic E-state index is -0.393. The Morgan fingerprint density at radius 2 is 1.90 bits per heavy atom. The molecular weight excluding hydrogens is 293 g/mol. The van der Waals surface area contributed by atoms with Gasteiger partial charge in [-0.05, 0) is 32.0 Å². The average molecular weight is 310 g/mol. The number of aromatic nitrogens is 3. The molecule has 2 aromatic rings. The first kappa shape index (κ1) is 15.4. The SMILES string of the molecule is CCN(CC)c1nc(NC)nc(-c2ccc(F)cc2Cl)n1. The first-order valence-electron chi connectivity index (χ1n) is 6.73. The summed E-state index contributed by atoms with van der Waals surface area (Å²) < 4.78 is 13.2. The van der Waals surface area contributed by atoms with Crippen LogP contribution in [-0.4, -0.2) is 35.1 Å². The third-order valence-electron chi connectivity index (χ3n) is 3.07. The lowest BCUT2D eigenvalue weighted by molar-refractivity contribution is 0.628. The van der Waals surface area contributed by atoms with Gasteiger partial charge in [-0.3, -0.25) is 0 Å². The van der Waals surface area contributed by atoms with E-state index in [9.17, 15) is 4.39 Å². The molecule has 0 unspecified atom stereocenters. The van der Waals surface area contributed by atoms with Crippen molar-refractivity contribution in [2.45, 2.75) is 13.8 Å². The predicted octanol–water partition coefficient (Wildman–Crippen LogP) is 3.22. The van der Waals surface area contributed by atoms with Crippen molar-refractivity contribution < 1.29 is 4.39 Å². The molecular formula is C14H17ClFN5. The van der Waals surface area contributed by atoms with Gasteiger partial charge < -0.3 is 10.2 Å². The molecule has 0 bridgehead atoms. The minimum absolute atomic E-state index is 0.272. The highest BCUT2D eigenvalue weighted by molar-refractivity contribution is 6.33. The van der Waals surface area contributed by atoms with E-state index in [-0.39, 0.29) is 5.02 Å². The molecule has 0 atom stereocenters. The van der Waals surface area contributed by atoms with Crippen molar-refractivity contribution in [3.63, 3.8) is 0 Å². The molecule has 0 fully saturated rings. The highest BCUT2D eigenvalue weighted by atomic mass is 35.5. The van der Waals surface area contributed by atoms with Gasteiger partial charge in [-0.15, -0.1) is 0 Å². The Morgan fingerprint density at radius 1 is 1.19 bits per heavy atom. The van der Waals surface area contributed by atoms with Crippen LogP contribution in [0.15, 0.2) is 18.2 Å². The van der Waals surface area contributed by atoms with E-state index in [4.69, 9.17) is 11.6 Å². The molecule has 21 heavy (non-hydrogen) atoms. The van der Waals surface area contributed by atoms with Crippen molar-refractivity contribution in [1.82, 2.24) is 15.0 Å². The molecule has 1 heterocycles. The normalized spacial score (nSPS) is 10.5. The molecule has 1 N–H and O–H groups in total.